The van der Waals surface area contributed by atoms with Crippen molar-refractivity contribution in [2.45, 2.75) is 56.7 Å². The zero-order chi connectivity index (χ0) is 13.8. The molecule has 1 amide bonds. The smallest absolute Gasteiger partial charge is 0.221 e. The van der Waals surface area contributed by atoms with Crippen LogP contribution in [0, 0.1) is 0 Å². The Bertz CT molecular complexity index is 331. The second-order valence-corrected chi connectivity index (χ2v) is 6.40. The normalized spacial score (nSPS) is 34.7. The van der Waals surface area contributed by atoms with E-state index in [1.165, 1.54) is 32.2 Å². The van der Waals surface area contributed by atoms with Crippen molar-refractivity contribution < 1.29 is 9.53 Å². The first-order valence-electron chi connectivity index (χ1n) is 8.17. The van der Waals surface area contributed by atoms with E-state index in [0.717, 1.165) is 26.1 Å². The van der Waals surface area contributed by atoms with Crippen LogP contribution in [0.5, 0.6) is 0 Å². The number of nitrogens with one attached hydrogen (secondary N) is 2. The minimum atomic E-state index is 0.163. The van der Waals surface area contributed by atoms with E-state index >= 15 is 0 Å². The van der Waals surface area contributed by atoms with E-state index in [9.17, 15) is 4.79 Å². The van der Waals surface area contributed by atoms with Crippen molar-refractivity contribution >= 4 is 5.91 Å². The van der Waals surface area contributed by atoms with Gasteiger partial charge in [0.05, 0.1) is 12.7 Å². The van der Waals surface area contributed by atoms with Gasteiger partial charge in [-0.25, -0.2) is 0 Å². The molecule has 0 spiro atoms. The standard InChI is InChI=1S/C15H27N3O2/c19-15(8-12-4-1-2-6-16-12)17-9-14-10-18-7-3-5-13(18)11-20-14/h12-14,16H,1-11H2,(H,17,19). The highest BCUT2D eigenvalue weighted by molar-refractivity contribution is 5.76. The van der Waals surface area contributed by atoms with Crippen molar-refractivity contribution in [3.63, 3.8) is 0 Å². The quantitative estimate of drug-likeness (QED) is 0.788. The largest absolute Gasteiger partial charge is 0.373 e. The van der Waals surface area contributed by atoms with Crippen molar-refractivity contribution in [3.8, 4) is 0 Å². The number of piperidine rings is 1. The molecule has 3 aliphatic rings. The lowest BCUT2D eigenvalue weighted by molar-refractivity contribution is -0.123. The van der Waals surface area contributed by atoms with Crippen LogP contribution in [0.1, 0.15) is 38.5 Å². The summed E-state index contributed by atoms with van der Waals surface area (Å²) in [6.45, 7) is 4.73. The van der Waals surface area contributed by atoms with Gasteiger partial charge in [0, 0.05) is 31.6 Å². The molecule has 3 rings (SSSR count). The number of hydrogen-bond donors (Lipinski definition) is 2. The highest BCUT2D eigenvalue weighted by atomic mass is 16.5. The summed E-state index contributed by atoms with van der Waals surface area (Å²) in [5, 5.41) is 6.47. The summed E-state index contributed by atoms with van der Waals surface area (Å²) in [5.74, 6) is 0.163. The molecule has 20 heavy (non-hydrogen) atoms. The van der Waals surface area contributed by atoms with Crippen molar-refractivity contribution in [1.82, 2.24) is 15.5 Å². The monoisotopic (exact) mass is 281 g/mol. The predicted octanol–water partition coefficient (Wildman–Crippen LogP) is 0.498. The Labute approximate surface area is 121 Å². The number of morpholine rings is 1. The third-order valence-electron chi connectivity index (χ3n) is 4.83. The Morgan fingerprint density at radius 2 is 2.25 bits per heavy atom. The Morgan fingerprint density at radius 3 is 3.10 bits per heavy atom. The number of hydrogen-bond acceptors (Lipinski definition) is 4. The van der Waals surface area contributed by atoms with Crippen molar-refractivity contribution in [2.75, 3.05) is 32.8 Å². The second kappa shape index (κ2) is 6.87. The first-order chi connectivity index (χ1) is 9.81. The average molecular weight is 281 g/mol. The SMILES string of the molecule is O=C(CC1CCCCN1)NCC1CN2CCCC2CO1. The van der Waals surface area contributed by atoms with Crippen LogP contribution in [0.3, 0.4) is 0 Å². The molecule has 5 heteroatoms. The van der Waals surface area contributed by atoms with Crippen LogP contribution in [0.15, 0.2) is 0 Å². The molecule has 2 N–H and O–H groups in total. The van der Waals surface area contributed by atoms with Crippen LogP contribution in [0.4, 0.5) is 0 Å². The number of rotatable bonds is 4. The minimum absolute atomic E-state index is 0.163. The number of carbonyl (C=O) groups excluding carboxylic acids is 1. The number of ether oxygens (including phenoxy) is 1. The Balaban J connectivity index is 1.35. The average Bonchev–Trinajstić information content (AvgIpc) is 2.93. The molecule has 3 saturated heterocycles. The highest BCUT2D eigenvalue weighted by Gasteiger charge is 2.32. The van der Waals surface area contributed by atoms with Gasteiger partial charge in [-0.15, -0.1) is 0 Å². The van der Waals surface area contributed by atoms with E-state index in [1.54, 1.807) is 0 Å². The van der Waals surface area contributed by atoms with E-state index < -0.39 is 0 Å². The van der Waals surface area contributed by atoms with Gasteiger partial charge in [-0.1, -0.05) is 6.42 Å². The van der Waals surface area contributed by atoms with Gasteiger partial charge in [-0.3, -0.25) is 9.69 Å². The third-order valence-corrected chi connectivity index (χ3v) is 4.83. The number of carbonyl (C=O) groups is 1. The minimum Gasteiger partial charge on any atom is -0.373 e. The lowest BCUT2D eigenvalue weighted by Gasteiger charge is -2.35. The maximum atomic E-state index is 12.0. The fourth-order valence-corrected chi connectivity index (χ4v) is 3.63. The molecular formula is C15H27N3O2. The van der Waals surface area contributed by atoms with Gasteiger partial charge in [0.15, 0.2) is 0 Å². The predicted molar refractivity (Wildman–Crippen MR) is 77.6 cm³/mol. The highest BCUT2D eigenvalue weighted by Crippen LogP contribution is 2.22. The molecule has 0 aliphatic carbocycles. The Kier molecular flexibility index (Phi) is 4.91. The van der Waals surface area contributed by atoms with Gasteiger partial charge in [-0.05, 0) is 38.8 Å². The van der Waals surface area contributed by atoms with Crippen molar-refractivity contribution in [1.29, 1.82) is 0 Å². The lowest BCUT2D eigenvalue weighted by Crippen LogP contribution is -2.50. The van der Waals surface area contributed by atoms with E-state index in [4.69, 9.17) is 4.74 Å². The summed E-state index contributed by atoms with van der Waals surface area (Å²) in [5.41, 5.74) is 0. The molecule has 114 valence electrons. The molecular weight excluding hydrogens is 254 g/mol. The summed E-state index contributed by atoms with van der Waals surface area (Å²) >= 11 is 0. The molecule has 0 aromatic rings. The van der Waals surface area contributed by atoms with Crippen LogP contribution >= 0.6 is 0 Å². The van der Waals surface area contributed by atoms with E-state index in [-0.39, 0.29) is 12.0 Å². The molecule has 0 radical (unpaired) electrons. The van der Waals surface area contributed by atoms with Crippen LogP contribution in [0.25, 0.3) is 0 Å². The fourth-order valence-electron chi connectivity index (χ4n) is 3.63. The molecule has 3 aliphatic heterocycles. The molecule has 3 heterocycles. The molecule has 0 bridgehead atoms. The van der Waals surface area contributed by atoms with Crippen molar-refractivity contribution in [3.05, 3.63) is 0 Å². The van der Waals surface area contributed by atoms with Crippen LogP contribution < -0.4 is 10.6 Å². The zero-order valence-electron chi connectivity index (χ0n) is 12.3. The van der Waals surface area contributed by atoms with Gasteiger partial charge >= 0.3 is 0 Å². The van der Waals surface area contributed by atoms with Crippen LogP contribution in [0.2, 0.25) is 0 Å². The van der Waals surface area contributed by atoms with Gasteiger partial charge in [0.25, 0.3) is 0 Å². The Hall–Kier alpha value is -0.650. The van der Waals surface area contributed by atoms with Crippen molar-refractivity contribution in [2.24, 2.45) is 0 Å². The van der Waals surface area contributed by atoms with Gasteiger partial charge in [-0.2, -0.15) is 0 Å². The molecule has 3 atom stereocenters. The molecule has 0 aromatic carbocycles. The maximum absolute atomic E-state index is 12.0. The first-order valence-corrected chi connectivity index (χ1v) is 8.17. The zero-order valence-corrected chi connectivity index (χ0v) is 12.3. The van der Waals surface area contributed by atoms with E-state index in [0.29, 0.717) is 25.0 Å². The molecule has 3 fully saturated rings. The lowest BCUT2D eigenvalue weighted by atomic mass is 10.0. The summed E-state index contributed by atoms with van der Waals surface area (Å²) in [6.07, 6.45) is 6.96. The summed E-state index contributed by atoms with van der Waals surface area (Å²) in [6, 6.07) is 1.01. The van der Waals surface area contributed by atoms with Crippen LogP contribution in [-0.4, -0.2) is 61.8 Å². The van der Waals surface area contributed by atoms with E-state index in [1.807, 2.05) is 0 Å². The second-order valence-electron chi connectivity index (χ2n) is 6.40. The fraction of sp³-hybridized carbons (Fsp3) is 0.933. The number of amides is 1. The maximum Gasteiger partial charge on any atom is 0.221 e. The van der Waals surface area contributed by atoms with Gasteiger partial charge in [0.2, 0.25) is 5.91 Å². The Morgan fingerprint density at radius 1 is 1.30 bits per heavy atom. The van der Waals surface area contributed by atoms with Crippen LogP contribution in [-0.2, 0) is 9.53 Å². The molecule has 3 unspecified atom stereocenters. The number of fused-ring (bicyclic) bond motifs is 1. The molecule has 0 aromatic heterocycles. The summed E-state index contributed by atoms with van der Waals surface area (Å²) < 4.78 is 5.86. The topological polar surface area (TPSA) is 53.6 Å². The first kappa shape index (κ1) is 14.3. The van der Waals surface area contributed by atoms with Gasteiger partial charge < -0.3 is 15.4 Å². The molecule has 0 saturated carbocycles. The third kappa shape index (κ3) is 3.71. The number of nitrogens with zero attached hydrogens (tertiary/aromatic N) is 1. The summed E-state index contributed by atoms with van der Waals surface area (Å²) in [4.78, 5) is 14.5. The van der Waals surface area contributed by atoms with Gasteiger partial charge in [0.1, 0.15) is 0 Å². The summed E-state index contributed by atoms with van der Waals surface area (Å²) in [7, 11) is 0. The molecule has 5 nitrogen and oxygen atoms in total. The van der Waals surface area contributed by atoms with E-state index in [2.05, 4.69) is 15.5 Å².